The quantitative estimate of drug-likeness (QED) is 0.868. The molecule has 0 saturated heterocycles. The minimum absolute atomic E-state index is 0.0651. The number of rotatable bonds is 1. The number of carbonyl (C=O) groups excluding carboxylic acids is 1. The Morgan fingerprint density at radius 2 is 1.90 bits per heavy atom. The molecule has 1 N–H and O–H groups in total. The van der Waals surface area contributed by atoms with Gasteiger partial charge in [0.05, 0.1) is 10.0 Å². The molecule has 21 heavy (non-hydrogen) atoms. The molecule has 2 aromatic carbocycles. The maximum atomic E-state index is 12.8. The van der Waals surface area contributed by atoms with Crippen molar-refractivity contribution in [1.82, 2.24) is 5.32 Å². The van der Waals surface area contributed by atoms with E-state index in [0.29, 0.717) is 22.2 Å². The topological polar surface area (TPSA) is 32.3 Å². The van der Waals surface area contributed by atoms with E-state index >= 15 is 0 Å². The van der Waals surface area contributed by atoms with Gasteiger partial charge in [-0.1, -0.05) is 41.4 Å². The van der Waals surface area contributed by atoms with Crippen LogP contribution < -0.4 is 10.2 Å². The molecule has 1 heterocycles. The van der Waals surface area contributed by atoms with Gasteiger partial charge in [0, 0.05) is 30.9 Å². The third kappa shape index (κ3) is 2.91. The summed E-state index contributed by atoms with van der Waals surface area (Å²) in [6.45, 7) is 2.14. The molecule has 3 nitrogen and oxygen atoms in total. The van der Waals surface area contributed by atoms with Crippen molar-refractivity contribution in [2.24, 2.45) is 0 Å². The Morgan fingerprint density at radius 3 is 2.71 bits per heavy atom. The summed E-state index contributed by atoms with van der Waals surface area (Å²) in [6, 6.07) is 12.9. The van der Waals surface area contributed by atoms with Crippen LogP contribution in [0.15, 0.2) is 42.5 Å². The number of hydrogen-bond donors (Lipinski definition) is 1. The van der Waals surface area contributed by atoms with Crippen LogP contribution >= 0.6 is 23.2 Å². The van der Waals surface area contributed by atoms with E-state index in [0.717, 1.165) is 24.3 Å². The first-order chi connectivity index (χ1) is 10.2. The van der Waals surface area contributed by atoms with Crippen molar-refractivity contribution in [2.75, 3.05) is 18.0 Å². The number of hydrogen-bond acceptors (Lipinski definition) is 2. The molecular weight excluding hydrogens is 307 g/mol. The van der Waals surface area contributed by atoms with Gasteiger partial charge in [-0.25, -0.2) is 0 Å². The molecule has 0 aliphatic carbocycles. The lowest BCUT2D eigenvalue weighted by atomic mass is 10.1. The lowest BCUT2D eigenvalue weighted by Crippen LogP contribution is -2.34. The summed E-state index contributed by atoms with van der Waals surface area (Å²) in [4.78, 5) is 14.6. The van der Waals surface area contributed by atoms with E-state index in [2.05, 4.69) is 5.32 Å². The van der Waals surface area contributed by atoms with E-state index in [1.165, 1.54) is 0 Å². The van der Waals surface area contributed by atoms with Crippen LogP contribution in [0.4, 0.5) is 5.69 Å². The van der Waals surface area contributed by atoms with E-state index < -0.39 is 0 Å². The summed E-state index contributed by atoms with van der Waals surface area (Å²) < 4.78 is 0. The van der Waals surface area contributed by atoms with Crippen molar-refractivity contribution in [3.8, 4) is 0 Å². The standard InChI is InChI=1S/C16H14Cl2N2O/c17-13-6-5-11(9-14(13)18)16(21)20-8-7-19-10-12-3-1-2-4-15(12)20/h1-6,9,19H,7-8,10H2. The van der Waals surface area contributed by atoms with E-state index in [1.807, 2.05) is 24.3 Å². The molecule has 0 spiro atoms. The number of anilines is 1. The third-order valence-corrected chi connectivity index (χ3v) is 4.26. The first kappa shape index (κ1) is 14.4. The molecule has 2 aromatic rings. The maximum Gasteiger partial charge on any atom is 0.258 e. The highest BCUT2D eigenvalue weighted by Gasteiger charge is 2.22. The van der Waals surface area contributed by atoms with Gasteiger partial charge in [-0.15, -0.1) is 0 Å². The van der Waals surface area contributed by atoms with Crippen molar-refractivity contribution < 1.29 is 4.79 Å². The van der Waals surface area contributed by atoms with E-state index in [1.54, 1.807) is 23.1 Å². The molecular formula is C16H14Cl2N2O. The second kappa shape index (κ2) is 6.06. The summed E-state index contributed by atoms with van der Waals surface area (Å²) in [5.41, 5.74) is 2.60. The molecule has 3 rings (SSSR count). The van der Waals surface area contributed by atoms with Crippen molar-refractivity contribution in [3.63, 3.8) is 0 Å². The molecule has 0 aromatic heterocycles. The Morgan fingerprint density at radius 1 is 1.10 bits per heavy atom. The molecule has 0 atom stereocenters. The number of benzene rings is 2. The number of amides is 1. The monoisotopic (exact) mass is 320 g/mol. The van der Waals surface area contributed by atoms with Crippen LogP contribution in [0.2, 0.25) is 10.0 Å². The van der Waals surface area contributed by atoms with Crippen LogP contribution in [0.1, 0.15) is 15.9 Å². The first-order valence-electron chi connectivity index (χ1n) is 6.72. The molecule has 0 fully saturated rings. The maximum absolute atomic E-state index is 12.8. The van der Waals surface area contributed by atoms with Crippen molar-refractivity contribution in [1.29, 1.82) is 0 Å². The van der Waals surface area contributed by atoms with Gasteiger partial charge in [-0.05, 0) is 29.8 Å². The molecule has 1 aliphatic rings. The van der Waals surface area contributed by atoms with Gasteiger partial charge < -0.3 is 10.2 Å². The van der Waals surface area contributed by atoms with Crippen LogP contribution in [-0.4, -0.2) is 19.0 Å². The zero-order valence-corrected chi connectivity index (χ0v) is 12.8. The van der Waals surface area contributed by atoms with Crippen molar-refractivity contribution in [2.45, 2.75) is 6.54 Å². The van der Waals surface area contributed by atoms with Gasteiger partial charge in [0.1, 0.15) is 0 Å². The van der Waals surface area contributed by atoms with Gasteiger partial charge in [0.2, 0.25) is 0 Å². The van der Waals surface area contributed by atoms with Gasteiger partial charge in [-0.3, -0.25) is 4.79 Å². The fraction of sp³-hybridized carbons (Fsp3) is 0.188. The average molecular weight is 321 g/mol. The van der Waals surface area contributed by atoms with Gasteiger partial charge in [-0.2, -0.15) is 0 Å². The fourth-order valence-electron chi connectivity index (χ4n) is 2.45. The van der Waals surface area contributed by atoms with Gasteiger partial charge in [0.25, 0.3) is 5.91 Å². The summed E-state index contributed by atoms with van der Waals surface area (Å²) in [6.07, 6.45) is 0. The number of halogens is 2. The molecule has 0 bridgehead atoms. The Bertz CT molecular complexity index is 688. The Hall–Kier alpha value is -1.55. The SMILES string of the molecule is O=C(c1ccc(Cl)c(Cl)c1)N1CCNCc2ccccc21. The van der Waals surface area contributed by atoms with Crippen molar-refractivity contribution in [3.05, 3.63) is 63.6 Å². The van der Waals surface area contributed by atoms with Crippen LogP contribution in [0.3, 0.4) is 0 Å². The number of nitrogens with one attached hydrogen (secondary N) is 1. The molecule has 5 heteroatoms. The van der Waals surface area contributed by atoms with Crippen LogP contribution in [0.5, 0.6) is 0 Å². The van der Waals surface area contributed by atoms with Crippen LogP contribution in [-0.2, 0) is 6.54 Å². The highest BCUT2D eigenvalue weighted by Crippen LogP contribution is 2.27. The fourth-order valence-corrected chi connectivity index (χ4v) is 2.75. The smallest absolute Gasteiger partial charge is 0.258 e. The third-order valence-electron chi connectivity index (χ3n) is 3.52. The zero-order chi connectivity index (χ0) is 14.8. The number of carbonyl (C=O) groups is 1. The summed E-state index contributed by atoms with van der Waals surface area (Å²) in [5, 5.41) is 4.16. The summed E-state index contributed by atoms with van der Waals surface area (Å²) >= 11 is 11.9. The number of fused-ring (bicyclic) bond motifs is 1. The molecule has 1 aliphatic heterocycles. The normalized spacial score (nSPS) is 14.5. The van der Waals surface area contributed by atoms with Gasteiger partial charge in [0.15, 0.2) is 0 Å². The van der Waals surface area contributed by atoms with Crippen molar-refractivity contribution >= 4 is 34.8 Å². The molecule has 0 radical (unpaired) electrons. The minimum atomic E-state index is -0.0651. The predicted molar refractivity (Wildman–Crippen MR) is 86.3 cm³/mol. The van der Waals surface area contributed by atoms with E-state index in [4.69, 9.17) is 23.2 Å². The molecule has 0 saturated carbocycles. The second-order valence-corrected chi connectivity index (χ2v) is 5.71. The molecule has 0 unspecified atom stereocenters. The number of nitrogens with zero attached hydrogens (tertiary/aromatic N) is 1. The highest BCUT2D eigenvalue weighted by atomic mass is 35.5. The second-order valence-electron chi connectivity index (χ2n) is 4.89. The first-order valence-corrected chi connectivity index (χ1v) is 7.48. The summed E-state index contributed by atoms with van der Waals surface area (Å²) in [5.74, 6) is -0.0651. The lowest BCUT2D eigenvalue weighted by Gasteiger charge is -2.22. The zero-order valence-electron chi connectivity index (χ0n) is 11.3. The molecule has 108 valence electrons. The average Bonchev–Trinajstić information content (AvgIpc) is 2.71. The Balaban J connectivity index is 1.99. The van der Waals surface area contributed by atoms with E-state index in [9.17, 15) is 4.79 Å². The Kier molecular flexibility index (Phi) is 4.15. The predicted octanol–water partition coefficient (Wildman–Crippen LogP) is 3.74. The highest BCUT2D eigenvalue weighted by molar-refractivity contribution is 6.42. The van der Waals surface area contributed by atoms with Crippen LogP contribution in [0, 0.1) is 0 Å². The Labute approximate surface area is 133 Å². The minimum Gasteiger partial charge on any atom is -0.311 e. The molecule has 1 amide bonds. The summed E-state index contributed by atoms with van der Waals surface area (Å²) in [7, 11) is 0. The van der Waals surface area contributed by atoms with Crippen LogP contribution in [0.25, 0.3) is 0 Å². The van der Waals surface area contributed by atoms with E-state index in [-0.39, 0.29) is 5.91 Å². The van der Waals surface area contributed by atoms with Gasteiger partial charge >= 0.3 is 0 Å². The largest absolute Gasteiger partial charge is 0.311 e. The lowest BCUT2D eigenvalue weighted by molar-refractivity contribution is 0.0987. The number of para-hydroxylation sites is 1.